The van der Waals surface area contributed by atoms with E-state index in [0.717, 1.165) is 35.7 Å². The van der Waals surface area contributed by atoms with Crippen molar-refractivity contribution in [3.05, 3.63) is 83.7 Å². The summed E-state index contributed by atoms with van der Waals surface area (Å²) < 4.78 is 13.1. The number of aromatic nitrogens is 1. The van der Waals surface area contributed by atoms with E-state index in [1.807, 2.05) is 41.3 Å². The summed E-state index contributed by atoms with van der Waals surface area (Å²) in [5.41, 5.74) is 3.42. The summed E-state index contributed by atoms with van der Waals surface area (Å²) in [7, 11) is 0. The lowest BCUT2D eigenvalue weighted by Crippen LogP contribution is -2.42. The van der Waals surface area contributed by atoms with Gasteiger partial charge in [0.25, 0.3) is 0 Å². The average Bonchev–Trinajstić information content (AvgIpc) is 3.40. The fourth-order valence-corrected chi connectivity index (χ4v) is 4.13. The van der Waals surface area contributed by atoms with Crippen LogP contribution < -0.4 is 9.47 Å². The van der Waals surface area contributed by atoms with Crippen molar-refractivity contribution in [1.29, 1.82) is 0 Å². The van der Waals surface area contributed by atoms with Gasteiger partial charge in [-0.3, -0.25) is 4.79 Å². The van der Waals surface area contributed by atoms with E-state index in [9.17, 15) is 4.79 Å². The first-order valence-corrected chi connectivity index (χ1v) is 9.67. The number of carbonyl (C=O) groups is 1. The second-order valence-electron chi connectivity index (χ2n) is 7.21. The van der Waals surface area contributed by atoms with E-state index in [4.69, 9.17) is 9.47 Å². The van der Waals surface area contributed by atoms with E-state index < -0.39 is 0 Å². The Morgan fingerprint density at radius 2 is 1.82 bits per heavy atom. The third-order valence-corrected chi connectivity index (χ3v) is 5.54. The van der Waals surface area contributed by atoms with Gasteiger partial charge in [0.2, 0.25) is 12.7 Å². The third-order valence-electron chi connectivity index (χ3n) is 5.54. The zero-order valence-electron chi connectivity index (χ0n) is 15.6. The molecule has 5 rings (SSSR count). The van der Waals surface area contributed by atoms with Gasteiger partial charge in [-0.2, -0.15) is 0 Å². The van der Waals surface area contributed by atoms with Gasteiger partial charge in [0.05, 0.1) is 6.04 Å². The van der Waals surface area contributed by atoms with Crippen molar-refractivity contribution >= 4 is 5.91 Å². The van der Waals surface area contributed by atoms with Crippen LogP contribution in [0.25, 0.3) is 0 Å². The Morgan fingerprint density at radius 3 is 2.71 bits per heavy atom. The fourth-order valence-electron chi connectivity index (χ4n) is 4.13. The van der Waals surface area contributed by atoms with Crippen LogP contribution in [0.5, 0.6) is 11.5 Å². The Bertz CT molecular complexity index is 996. The molecule has 0 N–H and O–H groups in total. The van der Waals surface area contributed by atoms with Crippen LogP contribution in [-0.2, 0) is 17.8 Å². The van der Waals surface area contributed by atoms with Crippen LogP contribution in [-0.4, -0.2) is 28.7 Å². The van der Waals surface area contributed by atoms with Crippen LogP contribution in [0.4, 0.5) is 0 Å². The van der Waals surface area contributed by atoms with Crippen molar-refractivity contribution in [2.45, 2.75) is 25.4 Å². The maximum Gasteiger partial charge on any atom is 0.231 e. The highest BCUT2D eigenvalue weighted by atomic mass is 16.7. The summed E-state index contributed by atoms with van der Waals surface area (Å²) >= 11 is 0. The molecule has 0 saturated heterocycles. The first kappa shape index (κ1) is 16.9. The molecule has 1 aromatic heterocycles. The van der Waals surface area contributed by atoms with Crippen molar-refractivity contribution < 1.29 is 14.3 Å². The largest absolute Gasteiger partial charge is 0.454 e. The summed E-state index contributed by atoms with van der Waals surface area (Å²) in [5.74, 6) is 1.72. The number of hydrogen-bond donors (Lipinski definition) is 0. The zero-order chi connectivity index (χ0) is 18.9. The van der Waals surface area contributed by atoms with Crippen molar-refractivity contribution in [1.82, 2.24) is 9.47 Å². The average molecular weight is 374 g/mol. The van der Waals surface area contributed by atoms with Gasteiger partial charge >= 0.3 is 0 Å². The van der Waals surface area contributed by atoms with Crippen molar-refractivity contribution in [3.8, 4) is 11.5 Å². The van der Waals surface area contributed by atoms with Crippen molar-refractivity contribution in [2.24, 2.45) is 0 Å². The van der Waals surface area contributed by atoms with E-state index in [1.165, 1.54) is 5.69 Å². The number of nitrogens with zero attached hydrogens (tertiary/aromatic N) is 2. The summed E-state index contributed by atoms with van der Waals surface area (Å²) in [4.78, 5) is 15.2. The molecular weight excluding hydrogens is 352 g/mol. The smallest absolute Gasteiger partial charge is 0.231 e. The molecule has 0 spiro atoms. The highest BCUT2D eigenvalue weighted by molar-refractivity contribution is 5.77. The predicted molar refractivity (Wildman–Crippen MR) is 105 cm³/mol. The van der Waals surface area contributed by atoms with Crippen molar-refractivity contribution in [2.75, 3.05) is 13.3 Å². The standard InChI is InChI=1S/C23H22N2O3/c26-22(11-9-17-8-10-20-21(15-17)28-16-27-20)25-14-13-24-12-4-7-19(24)23(25)18-5-2-1-3-6-18/h1-8,10,12,15,23H,9,11,13-14,16H2. The summed E-state index contributed by atoms with van der Waals surface area (Å²) in [6.45, 7) is 1.83. The van der Waals surface area contributed by atoms with Gasteiger partial charge in [0.15, 0.2) is 11.5 Å². The number of rotatable bonds is 4. The molecule has 0 fully saturated rings. The second-order valence-corrected chi connectivity index (χ2v) is 7.21. The summed E-state index contributed by atoms with van der Waals surface area (Å²) in [6.07, 6.45) is 3.26. The molecule has 3 heterocycles. The lowest BCUT2D eigenvalue weighted by Gasteiger charge is -2.37. The molecule has 5 nitrogen and oxygen atoms in total. The lowest BCUT2D eigenvalue weighted by atomic mass is 9.99. The molecule has 2 aromatic carbocycles. The van der Waals surface area contributed by atoms with E-state index in [1.54, 1.807) is 0 Å². The molecule has 2 aliphatic rings. The van der Waals surface area contributed by atoms with E-state index in [2.05, 4.69) is 35.0 Å². The molecule has 0 aliphatic carbocycles. The molecule has 0 bridgehead atoms. The molecule has 1 atom stereocenters. The Balaban J connectivity index is 1.36. The lowest BCUT2D eigenvalue weighted by molar-refractivity contribution is -0.133. The summed E-state index contributed by atoms with van der Waals surface area (Å²) in [6, 6.07) is 20.3. The van der Waals surface area contributed by atoms with Gasteiger partial charge in [-0.1, -0.05) is 36.4 Å². The minimum absolute atomic E-state index is 0.0331. The maximum absolute atomic E-state index is 13.2. The number of fused-ring (bicyclic) bond motifs is 2. The van der Waals surface area contributed by atoms with Crippen LogP contribution >= 0.6 is 0 Å². The van der Waals surface area contributed by atoms with Crippen LogP contribution in [0, 0.1) is 0 Å². The van der Waals surface area contributed by atoms with Gasteiger partial charge in [-0.05, 0) is 41.8 Å². The van der Waals surface area contributed by atoms with Crippen LogP contribution in [0.2, 0.25) is 0 Å². The van der Waals surface area contributed by atoms with Crippen LogP contribution in [0.3, 0.4) is 0 Å². The fraction of sp³-hybridized carbons (Fsp3) is 0.261. The Morgan fingerprint density at radius 1 is 0.964 bits per heavy atom. The first-order valence-electron chi connectivity index (χ1n) is 9.67. The van der Waals surface area contributed by atoms with Gasteiger partial charge in [-0.15, -0.1) is 0 Å². The van der Waals surface area contributed by atoms with E-state index in [0.29, 0.717) is 12.8 Å². The number of hydrogen-bond acceptors (Lipinski definition) is 3. The number of ether oxygens (including phenoxy) is 2. The molecule has 2 aliphatic heterocycles. The first-order chi connectivity index (χ1) is 13.8. The molecule has 5 heteroatoms. The monoisotopic (exact) mass is 374 g/mol. The highest BCUT2D eigenvalue weighted by Gasteiger charge is 2.31. The minimum atomic E-state index is -0.0331. The summed E-state index contributed by atoms with van der Waals surface area (Å²) in [5, 5.41) is 0. The van der Waals surface area contributed by atoms with Gasteiger partial charge < -0.3 is 18.9 Å². The molecular formula is C23H22N2O3. The van der Waals surface area contributed by atoms with E-state index >= 15 is 0 Å². The topological polar surface area (TPSA) is 43.7 Å². The zero-order valence-corrected chi connectivity index (χ0v) is 15.6. The Kier molecular flexibility index (Phi) is 4.28. The molecule has 3 aromatic rings. The molecule has 0 radical (unpaired) electrons. The van der Waals surface area contributed by atoms with E-state index in [-0.39, 0.29) is 18.7 Å². The molecule has 1 amide bonds. The Hall–Kier alpha value is -3.21. The maximum atomic E-state index is 13.2. The Labute approximate surface area is 164 Å². The SMILES string of the molecule is O=C(CCc1ccc2c(c1)OCO2)N1CCn2cccc2C1c1ccccc1. The second kappa shape index (κ2) is 7.08. The van der Waals surface area contributed by atoms with Crippen molar-refractivity contribution in [3.63, 3.8) is 0 Å². The normalized spacial score (nSPS) is 17.4. The highest BCUT2D eigenvalue weighted by Crippen LogP contribution is 2.34. The third kappa shape index (κ3) is 3.03. The van der Waals surface area contributed by atoms with Crippen LogP contribution in [0.1, 0.15) is 29.3 Å². The molecule has 0 saturated carbocycles. The predicted octanol–water partition coefficient (Wildman–Crippen LogP) is 3.78. The number of amides is 1. The van der Waals surface area contributed by atoms with Gasteiger partial charge in [0.1, 0.15) is 0 Å². The molecule has 1 unspecified atom stereocenters. The quantitative estimate of drug-likeness (QED) is 0.698. The minimum Gasteiger partial charge on any atom is -0.454 e. The van der Waals surface area contributed by atoms with Crippen LogP contribution in [0.15, 0.2) is 66.9 Å². The molecule has 142 valence electrons. The van der Waals surface area contributed by atoms with Gasteiger partial charge in [-0.25, -0.2) is 0 Å². The van der Waals surface area contributed by atoms with Gasteiger partial charge in [0, 0.05) is 31.4 Å². The number of benzene rings is 2. The molecule has 28 heavy (non-hydrogen) atoms. The number of aryl methyl sites for hydroxylation is 1. The number of carbonyl (C=O) groups excluding carboxylic acids is 1.